The summed E-state index contributed by atoms with van der Waals surface area (Å²) in [7, 11) is 1.71. The number of carbonyl (C=O) groups is 1. The number of aryl methyl sites for hydroxylation is 1. The number of nitrogens with zero attached hydrogens (tertiary/aromatic N) is 4. The first-order valence-corrected chi connectivity index (χ1v) is 7.56. The smallest absolute Gasteiger partial charge is 0.312 e. The summed E-state index contributed by atoms with van der Waals surface area (Å²) >= 11 is 0. The van der Waals surface area contributed by atoms with Crippen molar-refractivity contribution in [3.63, 3.8) is 0 Å². The molecule has 1 unspecified atom stereocenters. The number of aromatic nitrogens is 4. The number of hydrogen-bond donors (Lipinski definition) is 1. The Morgan fingerprint density at radius 3 is 2.67 bits per heavy atom. The SMILES string of the molecule is Cc1nc(-c2ccc(C(C)C(=O)O)n3ccnc23)c(=O)n(C)c1C. The number of aliphatic carboxylic acids is 1. The molecule has 0 aromatic carbocycles. The summed E-state index contributed by atoms with van der Waals surface area (Å²) in [4.78, 5) is 32.6. The molecule has 0 aliphatic rings. The highest BCUT2D eigenvalue weighted by Gasteiger charge is 2.20. The topological polar surface area (TPSA) is 89.5 Å². The molecule has 0 saturated heterocycles. The van der Waals surface area contributed by atoms with Crippen molar-refractivity contribution in [2.75, 3.05) is 0 Å². The standard InChI is InChI=1S/C17H18N4O3/c1-9(17(23)24)13-6-5-12(15-18-7-8-21(13)15)14-16(22)20(4)11(3)10(2)19-14/h5-9H,1-4H3,(H,23,24). The van der Waals surface area contributed by atoms with Gasteiger partial charge >= 0.3 is 5.97 Å². The van der Waals surface area contributed by atoms with E-state index in [9.17, 15) is 14.7 Å². The van der Waals surface area contributed by atoms with Gasteiger partial charge in [-0.05, 0) is 32.9 Å². The Morgan fingerprint density at radius 1 is 1.29 bits per heavy atom. The zero-order chi connectivity index (χ0) is 17.6. The van der Waals surface area contributed by atoms with Crippen molar-refractivity contribution in [1.29, 1.82) is 0 Å². The number of rotatable bonds is 3. The van der Waals surface area contributed by atoms with Gasteiger partial charge in [0.25, 0.3) is 5.56 Å². The molecule has 3 heterocycles. The van der Waals surface area contributed by atoms with Crippen LogP contribution in [-0.4, -0.2) is 30.0 Å². The highest BCUT2D eigenvalue weighted by molar-refractivity contribution is 5.79. The number of fused-ring (bicyclic) bond motifs is 1. The van der Waals surface area contributed by atoms with Gasteiger partial charge in [-0.25, -0.2) is 9.97 Å². The average molecular weight is 326 g/mol. The van der Waals surface area contributed by atoms with Crippen LogP contribution in [0.15, 0.2) is 29.3 Å². The quantitative estimate of drug-likeness (QED) is 0.794. The minimum Gasteiger partial charge on any atom is -0.481 e. The number of carboxylic acid groups (broad SMARTS) is 1. The van der Waals surface area contributed by atoms with Crippen molar-refractivity contribution in [1.82, 2.24) is 18.9 Å². The van der Waals surface area contributed by atoms with Crippen LogP contribution in [0.1, 0.15) is 29.9 Å². The number of imidazole rings is 1. The molecule has 0 aliphatic carbocycles. The Hall–Kier alpha value is -2.96. The molecule has 0 aliphatic heterocycles. The van der Waals surface area contributed by atoms with Crippen molar-refractivity contribution in [3.8, 4) is 11.3 Å². The fraction of sp³-hybridized carbons (Fsp3) is 0.294. The molecule has 7 heteroatoms. The van der Waals surface area contributed by atoms with Crippen molar-refractivity contribution in [2.45, 2.75) is 26.7 Å². The van der Waals surface area contributed by atoms with Crippen LogP contribution in [0, 0.1) is 13.8 Å². The minimum absolute atomic E-state index is 0.206. The molecular formula is C17H18N4O3. The molecule has 0 fully saturated rings. The van der Waals surface area contributed by atoms with Gasteiger partial charge in [-0.1, -0.05) is 0 Å². The van der Waals surface area contributed by atoms with Crippen molar-refractivity contribution in [2.24, 2.45) is 7.05 Å². The predicted octanol–water partition coefficient (Wildman–Crippen LogP) is 1.90. The van der Waals surface area contributed by atoms with E-state index in [1.807, 2.05) is 13.8 Å². The molecule has 1 atom stereocenters. The van der Waals surface area contributed by atoms with Gasteiger partial charge in [0.15, 0.2) is 0 Å². The maximum absolute atomic E-state index is 12.6. The van der Waals surface area contributed by atoms with Gasteiger partial charge in [0.2, 0.25) is 0 Å². The lowest BCUT2D eigenvalue weighted by Gasteiger charge is -2.14. The summed E-state index contributed by atoms with van der Waals surface area (Å²) in [5.74, 6) is -1.61. The third kappa shape index (κ3) is 2.29. The molecule has 7 nitrogen and oxygen atoms in total. The predicted molar refractivity (Wildman–Crippen MR) is 89.2 cm³/mol. The van der Waals surface area contributed by atoms with E-state index in [1.165, 1.54) is 0 Å². The first kappa shape index (κ1) is 15.9. The molecule has 1 N–H and O–H groups in total. The molecule has 3 aromatic rings. The van der Waals surface area contributed by atoms with E-state index in [0.29, 0.717) is 22.6 Å². The third-order valence-corrected chi connectivity index (χ3v) is 4.46. The van der Waals surface area contributed by atoms with E-state index in [2.05, 4.69) is 9.97 Å². The van der Waals surface area contributed by atoms with Crippen molar-refractivity contribution >= 4 is 11.6 Å². The van der Waals surface area contributed by atoms with E-state index in [4.69, 9.17) is 0 Å². The summed E-state index contributed by atoms with van der Waals surface area (Å²) in [5, 5.41) is 9.27. The highest BCUT2D eigenvalue weighted by Crippen LogP contribution is 2.25. The lowest BCUT2D eigenvalue weighted by Crippen LogP contribution is -2.24. The molecule has 124 valence electrons. The van der Waals surface area contributed by atoms with Gasteiger partial charge in [-0.15, -0.1) is 0 Å². The number of carboxylic acids is 1. The summed E-state index contributed by atoms with van der Waals surface area (Å²) in [6.45, 7) is 5.31. The van der Waals surface area contributed by atoms with E-state index < -0.39 is 11.9 Å². The first-order valence-electron chi connectivity index (χ1n) is 7.56. The second-order valence-electron chi connectivity index (χ2n) is 5.85. The molecule has 0 spiro atoms. The summed E-state index contributed by atoms with van der Waals surface area (Å²) in [5.41, 5.74) is 3.38. The van der Waals surface area contributed by atoms with Crippen LogP contribution < -0.4 is 5.56 Å². The highest BCUT2D eigenvalue weighted by atomic mass is 16.4. The summed E-state index contributed by atoms with van der Waals surface area (Å²) < 4.78 is 3.26. The van der Waals surface area contributed by atoms with Crippen molar-refractivity contribution in [3.05, 3.63) is 52.0 Å². The van der Waals surface area contributed by atoms with Crippen LogP contribution >= 0.6 is 0 Å². The van der Waals surface area contributed by atoms with Gasteiger partial charge in [-0.2, -0.15) is 0 Å². The Balaban J connectivity index is 2.31. The zero-order valence-corrected chi connectivity index (χ0v) is 13.9. The van der Waals surface area contributed by atoms with Gasteiger partial charge in [0.1, 0.15) is 11.3 Å². The van der Waals surface area contributed by atoms with Crippen molar-refractivity contribution < 1.29 is 9.90 Å². The molecule has 0 radical (unpaired) electrons. The van der Waals surface area contributed by atoms with Crippen LogP contribution in [0.5, 0.6) is 0 Å². The largest absolute Gasteiger partial charge is 0.481 e. The maximum Gasteiger partial charge on any atom is 0.312 e. The second-order valence-corrected chi connectivity index (χ2v) is 5.85. The lowest BCUT2D eigenvalue weighted by atomic mass is 10.1. The normalized spacial score (nSPS) is 12.5. The van der Waals surface area contributed by atoms with Crippen LogP contribution in [-0.2, 0) is 11.8 Å². The van der Waals surface area contributed by atoms with Gasteiger partial charge in [-0.3, -0.25) is 9.59 Å². The average Bonchev–Trinajstić information content (AvgIpc) is 3.04. The maximum atomic E-state index is 12.6. The fourth-order valence-corrected chi connectivity index (χ4v) is 2.72. The Labute approximate surface area is 138 Å². The molecule has 24 heavy (non-hydrogen) atoms. The Morgan fingerprint density at radius 2 is 2.00 bits per heavy atom. The molecule has 3 rings (SSSR count). The summed E-state index contributed by atoms with van der Waals surface area (Å²) in [6, 6.07) is 3.43. The van der Waals surface area contributed by atoms with Crippen LogP contribution in [0.3, 0.4) is 0 Å². The van der Waals surface area contributed by atoms with Gasteiger partial charge in [0.05, 0.1) is 11.6 Å². The van der Waals surface area contributed by atoms with E-state index in [1.54, 1.807) is 47.5 Å². The molecular weight excluding hydrogens is 308 g/mol. The van der Waals surface area contributed by atoms with Crippen LogP contribution in [0.2, 0.25) is 0 Å². The molecule has 0 saturated carbocycles. The zero-order valence-electron chi connectivity index (χ0n) is 13.9. The second kappa shape index (κ2) is 5.59. The molecule has 3 aromatic heterocycles. The number of pyridine rings is 1. The number of hydrogen-bond acceptors (Lipinski definition) is 4. The van der Waals surface area contributed by atoms with Crippen LogP contribution in [0.25, 0.3) is 16.9 Å². The fourth-order valence-electron chi connectivity index (χ4n) is 2.72. The monoisotopic (exact) mass is 326 g/mol. The Kier molecular flexibility index (Phi) is 3.71. The van der Waals surface area contributed by atoms with Gasteiger partial charge < -0.3 is 14.1 Å². The van der Waals surface area contributed by atoms with Crippen LogP contribution in [0.4, 0.5) is 0 Å². The van der Waals surface area contributed by atoms with E-state index >= 15 is 0 Å². The minimum atomic E-state index is -0.919. The van der Waals surface area contributed by atoms with E-state index in [-0.39, 0.29) is 5.56 Å². The molecule has 0 amide bonds. The summed E-state index contributed by atoms with van der Waals surface area (Å²) in [6.07, 6.45) is 3.28. The van der Waals surface area contributed by atoms with Gasteiger partial charge in [0, 0.05) is 36.4 Å². The molecule has 0 bridgehead atoms. The third-order valence-electron chi connectivity index (χ3n) is 4.46. The lowest BCUT2D eigenvalue weighted by molar-refractivity contribution is -0.138. The van der Waals surface area contributed by atoms with E-state index in [0.717, 1.165) is 11.4 Å². The first-order chi connectivity index (χ1) is 11.3. The Bertz CT molecular complexity index is 1020.